The Balaban J connectivity index is 1.66. The van der Waals surface area contributed by atoms with Crippen LogP contribution in [0.4, 0.5) is 5.69 Å². The van der Waals surface area contributed by atoms with E-state index in [1.807, 2.05) is 24.3 Å². The number of carbonyl (C=O) groups excluding carboxylic acids is 1. The van der Waals surface area contributed by atoms with Gasteiger partial charge in [-0.05, 0) is 30.2 Å². The smallest absolute Gasteiger partial charge is 0.224 e. The van der Waals surface area contributed by atoms with E-state index in [9.17, 15) is 4.79 Å². The third-order valence-electron chi connectivity index (χ3n) is 3.39. The van der Waals surface area contributed by atoms with Crippen LogP contribution < -0.4 is 5.32 Å². The van der Waals surface area contributed by atoms with Crippen molar-refractivity contribution in [2.45, 2.75) is 12.8 Å². The second kappa shape index (κ2) is 6.38. The molecule has 0 unspecified atom stereocenters. The summed E-state index contributed by atoms with van der Waals surface area (Å²) in [6.07, 6.45) is 2.62. The van der Waals surface area contributed by atoms with Gasteiger partial charge in [0, 0.05) is 21.9 Å². The van der Waals surface area contributed by atoms with Gasteiger partial charge in [-0.2, -0.15) is 5.10 Å². The predicted octanol–water partition coefficient (Wildman–Crippen LogP) is 4.44. The molecule has 3 rings (SSSR count). The molecule has 0 aliphatic rings. The van der Waals surface area contributed by atoms with Crippen LogP contribution in [-0.4, -0.2) is 16.1 Å². The molecule has 0 saturated carbocycles. The number of aryl methyl sites for hydroxylation is 1. The van der Waals surface area contributed by atoms with Crippen LogP contribution in [0.1, 0.15) is 12.0 Å². The first-order valence-corrected chi connectivity index (χ1v) is 7.55. The van der Waals surface area contributed by atoms with Crippen LogP contribution in [0.25, 0.3) is 10.9 Å². The second-order valence-corrected chi connectivity index (χ2v) is 5.77. The Bertz CT molecular complexity index is 829. The molecule has 22 heavy (non-hydrogen) atoms. The number of benzene rings is 2. The summed E-state index contributed by atoms with van der Waals surface area (Å²) >= 11 is 12.0. The van der Waals surface area contributed by atoms with E-state index in [2.05, 4.69) is 15.5 Å². The first-order chi connectivity index (χ1) is 10.6. The van der Waals surface area contributed by atoms with Crippen molar-refractivity contribution in [2.24, 2.45) is 0 Å². The van der Waals surface area contributed by atoms with Gasteiger partial charge in [-0.25, -0.2) is 0 Å². The Morgan fingerprint density at radius 2 is 2.09 bits per heavy atom. The van der Waals surface area contributed by atoms with Crippen LogP contribution in [0.2, 0.25) is 10.0 Å². The third-order valence-corrected chi connectivity index (χ3v) is 3.97. The number of anilines is 1. The lowest BCUT2D eigenvalue weighted by Gasteiger charge is -2.07. The van der Waals surface area contributed by atoms with Gasteiger partial charge < -0.3 is 5.32 Å². The van der Waals surface area contributed by atoms with Gasteiger partial charge in [0.05, 0.1) is 17.4 Å². The lowest BCUT2D eigenvalue weighted by Crippen LogP contribution is -2.12. The van der Waals surface area contributed by atoms with Crippen molar-refractivity contribution >= 4 is 45.7 Å². The van der Waals surface area contributed by atoms with E-state index >= 15 is 0 Å². The lowest BCUT2D eigenvalue weighted by atomic mass is 10.1. The molecule has 0 radical (unpaired) electrons. The van der Waals surface area contributed by atoms with Gasteiger partial charge >= 0.3 is 0 Å². The van der Waals surface area contributed by atoms with Gasteiger partial charge in [-0.3, -0.25) is 9.89 Å². The molecule has 2 N–H and O–H groups in total. The summed E-state index contributed by atoms with van der Waals surface area (Å²) in [5, 5.41) is 11.9. The summed E-state index contributed by atoms with van der Waals surface area (Å²) in [4.78, 5) is 12.1. The number of aromatic nitrogens is 2. The number of amides is 1. The van der Waals surface area contributed by atoms with Crippen molar-refractivity contribution in [3.8, 4) is 0 Å². The minimum absolute atomic E-state index is 0.0758. The van der Waals surface area contributed by atoms with Crippen molar-refractivity contribution < 1.29 is 4.79 Å². The maximum atomic E-state index is 12.1. The summed E-state index contributed by atoms with van der Waals surface area (Å²) < 4.78 is 0. The SMILES string of the molecule is O=C(CCc1ccc(Cl)cc1Cl)Nc1cccc2cn[nH]c12. The van der Waals surface area contributed by atoms with Gasteiger partial charge in [-0.15, -0.1) is 0 Å². The number of hydrogen-bond acceptors (Lipinski definition) is 2. The fourth-order valence-electron chi connectivity index (χ4n) is 2.26. The van der Waals surface area contributed by atoms with Crippen LogP contribution >= 0.6 is 23.2 Å². The standard InChI is InChI=1S/C16H13Cl2N3O/c17-12-6-4-10(13(18)8-12)5-7-15(22)20-14-3-1-2-11-9-19-21-16(11)14/h1-4,6,8-9H,5,7H2,(H,19,21)(H,20,22). The number of aromatic amines is 1. The maximum Gasteiger partial charge on any atom is 0.224 e. The number of hydrogen-bond donors (Lipinski definition) is 2. The summed E-state index contributed by atoms with van der Waals surface area (Å²) in [6.45, 7) is 0. The van der Waals surface area contributed by atoms with E-state index in [0.29, 0.717) is 22.9 Å². The van der Waals surface area contributed by atoms with Crippen LogP contribution in [0.5, 0.6) is 0 Å². The van der Waals surface area contributed by atoms with Gasteiger partial charge in [0.25, 0.3) is 0 Å². The molecule has 0 aliphatic carbocycles. The van der Waals surface area contributed by atoms with Crippen molar-refractivity contribution in [1.82, 2.24) is 10.2 Å². The first kappa shape index (κ1) is 14.9. The molecular weight excluding hydrogens is 321 g/mol. The Morgan fingerprint density at radius 1 is 1.23 bits per heavy atom. The fourth-order valence-corrected chi connectivity index (χ4v) is 2.76. The first-order valence-electron chi connectivity index (χ1n) is 6.79. The molecule has 1 heterocycles. The van der Waals surface area contributed by atoms with E-state index in [4.69, 9.17) is 23.2 Å². The quantitative estimate of drug-likeness (QED) is 0.741. The Labute approximate surface area is 137 Å². The summed E-state index contributed by atoms with van der Waals surface area (Å²) in [6, 6.07) is 10.9. The highest BCUT2D eigenvalue weighted by Crippen LogP contribution is 2.23. The number of nitrogens with zero attached hydrogens (tertiary/aromatic N) is 1. The molecule has 3 aromatic rings. The van der Waals surface area contributed by atoms with E-state index < -0.39 is 0 Å². The number of H-pyrrole nitrogens is 1. The highest BCUT2D eigenvalue weighted by molar-refractivity contribution is 6.35. The largest absolute Gasteiger partial charge is 0.324 e. The zero-order valence-corrected chi connectivity index (χ0v) is 13.1. The average Bonchev–Trinajstić information content (AvgIpc) is 2.96. The molecule has 0 fully saturated rings. The summed E-state index contributed by atoms with van der Waals surface area (Å²) in [5.74, 6) is -0.0758. The molecule has 0 aliphatic heterocycles. The minimum atomic E-state index is -0.0758. The monoisotopic (exact) mass is 333 g/mol. The molecule has 0 bridgehead atoms. The topological polar surface area (TPSA) is 57.8 Å². The molecule has 0 spiro atoms. The van der Waals surface area contributed by atoms with Gasteiger partial charge in [-0.1, -0.05) is 41.4 Å². The van der Waals surface area contributed by atoms with Crippen LogP contribution in [-0.2, 0) is 11.2 Å². The summed E-state index contributed by atoms with van der Waals surface area (Å²) in [5.41, 5.74) is 2.45. The number of rotatable bonds is 4. The molecular formula is C16H13Cl2N3O. The maximum absolute atomic E-state index is 12.1. The van der Waals surface area contributed by atoms with Crippen LogP contribution in [0.3, 0.4) is 0 Å². The highest BCUT2D eigenvalue weighted by atomic mass is 35.5. The number of fused-ring (bicyclic) bond motifs is 1. The van der Waals surface area contributed by atoms with Gasteiger partial charge in [0.2, 0.25) is 5.91 Å². The molecule has 0 atom stereocenters. The Kier molecular flexibility index (Phi) is 4.32. The molecule has 1 amide bonds. The zero-order chi connectivity index (χ0) is 15.5. The Morgan fingerprint density at radius 3 is 2.91 bits per heavy atom. The van der Waals surface area contributed by atoms with Crippen molar-refractivity contribution in [3.63, 3.8) is 0 Å². The van der Waals surface area contributed by atoms with E-state index in [1.165, 1.54) is 0 Å². The number of nitrogens with one attached hydrogen (secondary N) is 2. The van der Waals surface area contributed by atoms with Crippen molar-refractivity contribution in [1.29, 1.82) is 0 Å². The van der Waals surface area contributed by atoms with Crippen LogP contribution in [0, 0.1) is 0 Å². The molecule has 1 aromatic heterocycles. The van der Waals surface area contributed by atoms with E-state index in [-0.39, 0.29) is 5.91 Å². The molecule has 0 saturated heterocycles. The number of para-hydroxylation sites is 1. The average molecular weight is 334 g/mol. The number of carbonyl (C=O) groups is 1. The molecule has 2 aromatic carbocycles. The molecule has 112 valence electrons. The Hall–Kier alpha value is -2.04. The normalized spacial score (nSPS) is 10.8. The summed E-state index contributed by atoms with van der Waals surface area (Å²) in [7, 11) is 0. The van der Waals surface area contributed by atoms with E-state index in [0.717, 1.165) is 22.2 Å². The number of halogens is 2. The second-order valence-electron chi connectivity index (χ2n) is 4.92. The highest BCUT2D eigenvalue weighted by Gasteiger charge is 2.09. The fraction of sp³-hybridized carbons (Fsp3) is 0.125. The van der Waals surface area contributed by atoms with Crippen molar-refractivity contribution in [3.05, 3.63) is 58.2 Å². The van der Waals surface area contributed by atoms with Gasteiger partial charge in [0.15, 0.2) is 0 Å². The third kappa shape index (κ3) is 3.24. The van der Waals surface area contributed by atoms with Crippen molar-refractivity contribution in [2.75, 3.05) is 5.32 Å². The van der Waals surface area contributed by atoms with Crippen LogP contribution in [0.15, 0.2) is 42.6 Å². The lowest BCUT2D eigenvalue weighted by molar-refractivity contribution is -0.116. The molecule has 6 heteroatoms. The zero-order valence-electron chi connectivity index (χ0n) is 11.6. The van der Waals surface area contributed by atoms with E-state index in [1.54, 1.807) is 18.3 Å². The predicted molar refractivity (Wildman–Crippen MR) is 89.5 cm³/mol. The minimum Gasteiger partial charge on any atom is -0.324 e. The van der Waals surface area contributed by atoms with Gasteiger partial charge in [0.1, 0.15) is 0 Å². The molecule has 4 nitrogen and oxygen atoms in total.